The van der Waals surface area contributed by atoms with E-state index in [4.69, 9.17) is 9.84 Å². The predicted octanol–water partition coefficient (Wildman–Crippen LogP) is 0.801. The molecule has 1 aromatic rings. The van der Waals surface area contributed by atoms with Gasteiger partial charge in [0.25, 0.3) is 11.9 Å². The van der Waals surface area contributed by atoms with Crippen LogP contribution in [0.5, 0.6) is 5.75 Å². The van der Waals surface area contributed by atoms with Gasteiger partial charge in [-0.1, -0.05) is 12.7 Å². The molecule has 11 nitrogen and oxygen atoms in total. The Morgan fingerprint density at radius 1 is 1.31 bits per heavy atom. The highest BCUT2D eigenvalue weighted by molar-refractivity contribution is 5.88. The van der Waals surface area contributed by atoms with Crippen LogP contribution in [0.15, 0.2) is 36.9 Å². The van der Waals surface area contributed by atoms with Crippen molar-refractivity contribution in [1.82, 2.24) is 10.6 Å². The average Bonchev–Trinajstić information content (AvgIpc) is 2.59. The molecule has 0 aromatic heterocycles. The van der Waals surface area contributed by atoms with Gasteiger partial charge in [-0.25, -0.2) is 9.59 Å². The van der Waals surface area contributed by atoms with E-state index in [-0.39, 0.29) is 18.0 Å². The number of ether oxygens (including phenoxy) is 2. The maximum atomic E-state index is 12.0. The van der Waals surface area contributed by atoms with Crippen molar-refractivity contribution in [3.63, 3.8) is 0 Å². The van der Waals surface area contributed by atoms with Crippen LogP contribution in [0.4, 0.5) is 10.5 Å². The van der Waals surface area contributed by atoms with E-state index in [0.717, 1.165) is 12.1 Å². The van der Waals surface area contributed by atoms with Crippen LogP contribution in [-0.2, 0) is 14.3 Å². The molecule has 26 heavy (non-hydrogen) atoms. The van der Waals surface area contributed by atoms with Crippen molar-refractivity contribution in [3.8, 4) is 5.75 Å². The van der Waals surface area contributed by atoms with Crippen molar-refractivity contribution >= 4 is 23.7 Å². The topological polar surface area (TPSA) is 157 Å². The third-order valence-corrected chi connectivity index (χ3v) is 2.86. The average molecular weight is 367 g/mol. The minimum atomic E-state index is -1.77. The third-order valence-electron chi connectivity index (χ3n) is 2.86. The molecule has 1 rings (SSSR count). The van der Waals surface area contributed by atoms with E-state index in [2.05, 4.69) is 21.9 Å². The minimum absolute atomic E-state index is 0.00527. The Hall–Kier alpha value is -3.63. The maximum Gasteiger partial charge on any atom is 0.408 e. The van der Waals surface area contributed by atoms with Crippen molar-refractivity contribution in [2.75, 3.05) is 6.61 Å². The second-order valence-corrected chi connectivity index (χ2v) is 4.85. The molecule has 0 bridgehead atoms. The van der Waals surface area contributed by atoms with E-state index >= 15 is 0 Å². The number of alkyl carbamates (subject to hydrolysis) is 1. The molecule has 1 unspecified atom stereocenters. The van der Waals surface area contributed by atoms with Gasteiger partial charge in [0.05, 0.1) is 4.92 Å². The van der Waals surface area contributed by atoms with Crippen LogP contribution in [0.25, 0.3) is 0 Å². The fourth-order valence-electron chi connectivity index (χ4n) is 1.60. The van der Waals surface area contributed by atoms with Crippen LogP contribution in [0.3, 0.4) is 0 Å². The van der Waals surface area contributed by atoms with E-state index in [0.29, 0.717) is 0 Å². The lowest BCUT2D eigenvalue weighted by atomic mass is 10.3. The lowest BCUT2D eigenvalue weighted by Crippen LogP contribution is -2.52. The van der Waals surface area contributed by atoms with Crippen molar-refractivity contribution in [2.45, 2.75) is 19.2 Å². The van der Waals surface area contributed by atoms with Crippen molar-refractivity contribution in [1.29, 1.82) is 0 Å². The Kier molecular flexibility index (Phi) is 7.55. The Labute approximate surface area is 147 Å². The van der Waals surface area contributed by atoms with E-state index in [1.54, 1.807) is 0 Å². The normalized spacial score (nSPS) is 12.2. The molecule has 0 saturated carbocycles. The summed E-state index contributed by atoms with van der Waals surface area (Å²) >= 11 is 0. The van der Waals surface area contributed by atoms with E-state index in [1.807, 2.05) is 0 Å². The van der Waals surface area contributed by atoms with Crippen molar-refractivity contribution < 1.29 is 33.9 Å². The van der Waals surface area contributed by atoms with Crippen LogP contribution in [0.2, 0.25) is 0 Å². The maximum absolute atomic E-state index is 12.0. The SMILES string of the molecule is C=CCOC(=O)N[C@@H](C)C(=O)NC(Oc1ccc([N+](=O)[O-])cc1)C(=O)O. The zero-order chi connectivity index (χ0) is 19.7. The van der Waals surface area contributed by atoms with E-state index < -0.39 is 35.2 Å². The number of non-ortho nitro benzene ring substituents is 1. The molecule has 11 heteroatoms. The summed E-state index contributed by atoms with van der Waals surface area (Å²) in [5, 5.41) is 24.0. The summed E-state index contributed by atoms with van der Waals surface area (Å²) in [5.74, 6) is -2.35. The molecule has 2 amide bonds. The number of nitrogens with zero attached hydrogens (tertiary/aromatic N) is 1. The van der Waals surface area contributed by atoms with Gasteiger partial charge in [-0.2, -0.15) is 0 Å². The Bertz CT molecular complexity index is 689. The van der Waals surface area contributed by atoms with Gasteiger partial charge in [0.15, 0.2) is 0 Å². The monoisotopic (exact) mass is 367 g/mol. The molecule has 140 valence electrons. The number of carbonyl (C=O) groups excluding carboxylic acids is 2. The number of amides is 2. The zero-order valence-corrected chi connectivity index (χ0v) is 13.7. The summed E-state index contributed by atoms with van der Waals surface area (Å²) in [7, 11) is 0. The number of nitro groups is 1. The van der Waals surface area contributed by atoms with Gasteiger partial charge in [-0.3, -0.25) is 14.9 Å². The number of hydrogen-bond donors (Lipinski definition) is 3. The highest BCUT2D eigenvalue weighted by Crippen LogP contribution is 2.18. The van der Waals surface area contributed by atoms with E-state index in [9.17, 15) is 24.5 Å². The van der Waals surface area contributed by atoms with Crippen LogP contribution < -0.4 is 15.4 Å². The van der Waals surface area contributed by atoms with Gasteiger partial charge < -0.3 is 25.2 Å². The summed E-state index contributed by atoms with van der Waals surface area (Å²) in [5.41, 5.74) is -0.205. The highest BCUT2D eigenvalue weighted by Gasteiger charge is 2.26. The molecule has 2 atom stereocenters. The first kappa shape index (κ1) is 20.4. The zero-order valence-electron chi connectivity index (χ0n) is 13.7. The van der Waals surface area contributed by atoms with Crippen molar-refractivity contribution in [2.24, 2.45) is 0 Å². The van der Waals surface area contributed by atoms with Gasteiger partial charge >= 0.3 is 12.1 Å². The fraction of sp³-hybridized carbons (Fsp3) is 0.267. The number of hydrogen-bond acceptors (Lipinski definition) is 7. The van der Waals surface area contributed by atoms with Gasteiger partial charge in [-0.05, 0) is 19.1 Å². The first-order chi connectivity index (χ1) is 12.2. The lowest BCUT2D eigenvalue weighted by Gasteiger charge is -2.19. The molecule has 0 aliphatic carbocycles. The summed E-state index contributed by atoms with van der Waals surface area (Å²) in [6, 6.07) is 3.52. The second kappa shape index (κ2) is 9.61. The molecular formula is C15H17N3O8. The summed E-state index contributed by atoms with van der Waals surface area (Å²) in [4.78, 5) is 44.5. The Balaban J connectivity index is 2.67. The summed E-state index contributed by atoms with van der Waals surface area (Å²) in [6.07, 6.45) is -1.31. The van der Waals surface area contributed by atoms with Gasteiger partial charge in [0.2, 0.25) is 5.91 Å². The van der Waals surface area contributed by atoms with Crippen LogP contribution in [-0.4, -0.2) is 46.9 Å². The Morgan fingerprint density at radius 3 is 2.42 bits per heavy atom. The molecule has 0 saturated heterocycles. The number of nitro benzene ring substituents is 1. The number of nitrogens with one attached hydrogen (secondary N) is 2. The molecule has 0 radical (unpaired) electrons. The molecular weight excluding hydrogens is 350 g/mol. The third kappa shape index (κ3) is 6.47. The number of aliphatic carboxylic acids is 1. The van der Waals surface area contributed by atoms with Gasteiger partial charge in [-0.15, -0.1) is 0 Å². The lowest BCUT2D eigenvalue weighted by molar-refractivity contribution is -0.384. The molecule has 0 heterocycles. The summed E-state index contributed by atoms with van der Waals surface area (Å²) in [6.45, 7) is 4.62. The predicted molar refractivity (Wildman–Crippen MR) is 87.4 cm³/mol. The highest BCUT2D eigenvalue weighted by atomic mass is 16.6. The van der Waals surface area contributed by atoms with Crippen molar-refractivity contribution in [3.05, 3.63) is 47.0 Å². The van der Waals surface area contributed by atoms with Crippen LogP contribution in [0, 0.1) is 10.1 Å². The number of carbonyl (C=O) groups is 3. The van der Waals surface area contributed by atoms with Gasteiger partial charge in [0, 0.05) is 12.1 Å². The van der Waals surface area contributed by atoms with Gasteiger partial charge in [0.1, 0.15) is 18.4 Å². The minimum Gasteiger partial charge on any atom is -0.477 e. The van der Waals surface area contributed by atoms with E-state index in [1.165, 1.54) is 25.1 Å². The number of benzene rings is 1. The first-order valence-electron chi connectivity index (χ1n) is 7.23. The summed E-state index contributed by atoms with van der Waals surface area (Å²) < 4.78 is 9.73. The smallest absolute Gasteiger partial charge is 0.408 e. The first-order valence-corrected chi connectivity index (χ1v) is 7.23. The largest absolute Gasteiger partial charge is 0.477 e. The molecule has 0 aliphatic rings. The molecule has 0 aliphatic heterocycles. The molecule has 1 aromatic carbocycles. The number of carboxylic acid groups (broad SMARTS) is 1. The number of rotatable bonds is 9. The standard InChI is InChI=1S/C15H17N3O8/c1-3-8-25-15(22)16-9(2)12(19)17-13(14(20)21)26-11-6-4-10(5-7-11)18(23)24/h3-7,9,13H,1,8H2,2H3,(H,16,22)(H,17,19)(H,20,21)/t9-,13?/m0/s1. The van der Waals surface area contributed by atoms with Crippen LogP contribution >= 0.6 is 0 Å². The molecule has 3 N–H and O–H groups in total. The number of carboxylic acids is 1. The molecule has 0 spiro atoms. The molecule has 0 fully saturated rings. The second-order valence-electron chi connectivity index (χ2n) is 4.85. The fourth-order valence-corrected chi connectivity index (χ4v) is 1.60. The quantitative estimate of drug-likeness (QED) is 0.250. The Morgan fingerprint density at radius 2 is 1.92 bits per heavy atom. The van der Waals surface area contributed by atoms with Crippen LogP contribution in [0.1, 0.15) is 6.92 Å².